The number of aromatic nitrogens is 2. The minimum absolute atomic E-state index is 0.0152. The van der Waals surface area contributed by atoms with E-state index in [0.29, 0.717) is 11.5 Å². The second kappa shape index (κ2) is 11.0. The molecule has 0 bridgehead atoms. The van der Waals surface area contributed by atoms with Crippen molar-refractivity contribution in [2.45, 2.75) is 37.5 Å². The summed E-state index contributed by atoms with van der Waals surface area (Å²) in [6.07, 6.45) is 1.38. The van der Waals surface area contributed by atoms with Crippen LogP contribution in [0.1, 0.15) is 25.0 Å². The molecular formula is C25H31N3O7S. The Kier molecular flexibility index (Phi) is 8.26. The van der Waals surface area contributed by atoms with Crippen molar-refractivity contribution in [3.05, 3.63) is 65.9 Å². The molecule has 0 N–H and O–H groups in total. The van der Waals surface area contributed by atoms with Gasteiger partial charge < -0.3 is 18.9 Å². The quantitative estimate of drug-likeness (QED) is 0.357. The molecule has 0 aliphatic carbocycles. The highest BCUT2D eigenvalue weighted by atomic mass is 32.2. The Bertz CT molecular complexity index is 1230. The zero-order valence-corrected chi connectivity index (χ0v) is 22.0. The fraction of sp³-hybridized carbons (Fsp3) is 0.360. The Morgan fingerprint density at radius 2 is 1.33 bits per heavy atom. The summed E-state index contributed by atoms with van der Waals surface area (Å²) in [5, 5.41) is 3.97. The number of esters is 1. The summed E-state index contributed by atoms with van der Waals surface area (Å²) in [5.74, 6) is 0.758. The monoisotopic (exact) mass is 517 g/mol. The molecule has 10 nitrogen and oxygen atoms in total. The van der Waals surface area contributed by atoms with Crippen LogP contribution >= 0.6 is 0 Å². The van der Waals surface area contributed by atoms with Gasteiger partial charge in [-0.3, -0.25) is 4.68 Å². The van der Waals surface area contributed by atoms with Crippen molar-refractivity contribution in [1.29, 1.82) is 0 Å². The second-order valence-electron chi connectivity index (χ2n) is 8.47. The number of benzene rings is 2. The maximum absolute atomic E-state index is 14.0. The van der Waals surface area contributed by atoms with Gasteiger partial charge in [0.05, 0.1) is 34.6 Å². The van der Waals surface area contributed by atoms with E-state index in [0.717, 1.165) is 11.1 Å². The summed E-state index contributed by atoms with van der Waals surface area (Å²) in [5.41, 5.74) is 0.245. The summed E-state index contributed by atoms with van der Waals surface area (Å²) in [4.78, 5) is 12.3. The third kappa shape index (κ3) is 5.63. The molecule has 0 fully saturated rings. The average Bonchev–Trinajstić information content (AvgIpc) is 3.35. The molecule has 0 aliphatic rings. The van der Waals surface area contributed by atoms with Gasteiger partial charge in [-0.05, 0) is 49.2 Å². The minimum atomic E-state index is -4.18. The fourth-order valence-electron chi connectivity index (χ4n) is 3.51. The van der Waals surface area contributed by atoms with Crippen molar-refractivity contribution in [3.63, 3.8) is 0 Å². The first-order valence-corrected chi connectivity index (χ1v) is 12.5. The number of sulfonamides is 1. The van der Waals surface area contributed by atoms with Crippen molar-refractivity contribution in [2.75, 3.05) is 28.4 Å². The van der Waals surface area contributed by atoms with Crippen LogP contribution in [-0.4, -0.2) is 56.9 Å². The molecule has 1 aromatic heterocycles. The summed E-state index contributed by atoms with van der Waals surface area (Å²) < 4.78 is 51.1. The number of ether oxygens (including phenoxy) is 4. The summed E-state index contributed by atoms with van der Waals surface area (Å²) in [7, 11) is 1.55. The van der Waals surface area contributed by atoms with Crippen LogP contribution in [0.15, 0.2) is 59.8 Å². The Hall–Kier alpha value is -3.57. The van der Waals surface area contributed by atoms with Gasteiger partial charge in [-0.1, -0.05) is 24.3 Å². The smallest absolute Gasteiger partial charge is 0.333 e. The van der Waals surface area contributed by atoms with Crippen LogP contribution < -0.4 is 14.2 Å². The topological polar surface area (TPSA) is 109 Å². The van der Waals surface area contributed by atoms with Crippen LogP contribution in [0, 0.1) is 0 Å². The molecule has 0 amide bonds. The SMILES string of the molecule is COC(=O)C(C)(C)n1cc(OC)c(S(=O)(=O)N(Cc2ccc(OC)cc2)Cc2ccc(OC)cc2)n1. The summed E-state index contributed by atoms with van der Waals surface area (Å²) in [6.45, 7) is 3.28. The number of hydrogen-bond donors (Lipinski definition) is 0. The van der Waals surface area contributed by atoms with Crippen LogP contribution in [0.3, 0.4) is 0 Å². The van der Waals surface area contributed by atoms with Crippen molar-refractivity contribution >= 4 is 16.0 Å². The molecule has 194 valence electrons. The van der Waals surface area contributed by atoms with Crippen LogP contribution in [0.2, 0.25) is 0 Å². The molecule has 11 heteroatoms. The Morgan fingerprint density at radius 3 is 1.72 bits per heavy atom. The van der Waals surface area contributed by atoms with Crippen LogP contribution in [-0.2, 0) is 38.2 Å². The molecule has 3 aromatic rings. The average molecular weight is 518 g/mol. The third-order valence-electron chi connectivity index (χ3n) is 5.75. The van der Waals surface area contributed by atoms with E-state index in [9.17, 15) is 13.2 Å². The molecule has 0 spiro atoms. The van der Waals surface area contributed by atoms with Gasteiger partial charge in [-0.25, -0.2) is 13.2 Å². The highest BCUT2D eigenvalue weighted by Crippen LogP contribution is 2.31. The molecule has 0 saturated heterocycles. The highest BCUT2D eigenvalue weighted by Gasteiger charge is 2.37. The molecule has 0 radical (unpaired) electrons. The van der Waals surface area contributed by atoms with E-state index in [1.165, 1.54) is 29.4 Å². The lowest BCUT2D eigenvalue weighted by Gasteiger charge is -2.23. The van der Waals surface area contributed by atoms with Gasteiger partial charge in [-0.15, -0.1) is 0 Å². The molecule has 2 aromatic carbocycles. The van der Waals surface area contributed by atoms with Crippen molar-refractivity contribution in [3.8, 4) is 17.2 Å². The minimum Gasteiger partial charge on any atom is -0.497 e. The van der Waals surface area contributed by atoms with Gasteiger partial charge >= 0.3 is 5.97 Å². The lowest BCUT2D eigenvalue weighted by atomic mass is 10.1. The number of methoxy groups -OCH3 is 4. The predicted molar refractivity (Wildman–Crippen MR) is 133 cm³/mol. The molecule has 0 atom stereocenters. The number of nitrogens with zero attached hydrogens (tertiary/aromatic N) is 3. The van der Waals surface area contributed by atoms with Gasteiger partial charge in [0.25, 0.3) is 10.0 Å². The first-order valence-electron chi connectivity index (χ1n) is 11.1. The Morgan fingerprint density at radius 1 is 0.861 bits per heavy atom. The third-order valence-corrected chi connectivity index (χ3v) is 7.46. The summed E-state index contributed by atoms with van der Waals surface area (Å²) in [6, 6.07) is 14.3. The maximum Gasteiger partial charge on any atom is 0.333 e. The molecule has 0 saturated carbocycles. The van der Waals surface area contributed by atoms with Gasteiger partial charge in [-0.2, -0.15) is 9.40 Å². The van der Waals surface area contributed by atoms with E-state index in [2.05, 4.69) is 5.10 Å². The number of hydrogen-bond acceptors (Lipinski definition) is 8. The van der Waals surface area contributed by atoms with E-state index < -0.39 is 21.5 Å². The van der Waals surface area contributed by atoms with E-state index in [4.69, 9.17) is 18.9 Å². The first kappa shape index (κ1) is 27.0. The van der Waals surface area contributed by atoms with Crippen molar-refractivity contribution < 1.29 is 32.2 Å². The van der Waals surface area contributed by atoms with Crippen LogP contribution in [0.25, 0.3) is 0 Å². The lowest BCUT2D eigenvalue weighted by molar-refractivity contribution is -0.150. The molecule has 0 aliphatic heterocycles. The van der Waals surface area contributed by atoms with Crippen molar-refractivity contribution in [1.82, 2.24) is 14.1 Å². The van der Waals surface area contributed by atoms with Crippen LogP contribution in [0.5, 0.6) is 17.2 Å². The second-order valence-corrected chi connectivity index (χ2v) is 10.3. The Labute approximate surface area is 211 Å². The molecule has 3 rings (SSSR count). The molecular weight excluding hydrogens is 486 g/mol. The molecule has 0 unspecified atom stereocenters. The molecule has 36 heavy (non-hydrogen) atoms. The molecule has 1 heterocycles. The largest absolute Gasteiger partial charge is 0.497 e. The van der Waals surface area contributed by atoms with Gasteiger partial charge in [0.15, 0.2) is 11.3 Å². The van der Waals surface area contributed by atoms with E-state index in [-0.39, 0.29) is 23.9 Å². The van der Waals surface area contributed by atoms with E-state index in [1.807, 2.05) is 0 Å². The van der Waals surface area contributed by atoms with Gasteiger partial charge in [0, 0.05) is 13.1 Å². The zero-order chi connectivity index (χ0) is 26.5. The maximum atomic E-state index is 14.0. The van der Waals surface area contributed by atoms with E-state index in [1.54, 1.807) is 76.6 Å². The predicted octanol–water partition coefficient (Wildman–Crippen LogP) is 3.21. The number of carbonyl (C=O) groups excluding carboxylic acids is 1. The number of carbonyl (C=O) groups is 1. The van der Waals surface area contributed by atoms with Gasteiger partial charge in [0.2, 0.25) is 5.03 Å². The van der Waals surface area contributed by atoms with E-state index >= 15 is 0 Å². The van der Waals surface area contributed by atoms with Crippen LogP contribution in [0.4, 0.5) is 0 Å². The summed E-state index contributed by atoms with van der Waals surface area (Å²) >= 11 is 0. The fourth-order valence-corrected chi connectivity index (χ4v) is 4.97. The standard InChI is InChI=1S/C25H31N3O7S/c1-25(2,24(29)35-6)28-17-22(34-5)23(26-28)36(30,31)27(15-18-7-11-20(32-3)12-8-18)16-19-9-13-21(33-4)14-10-19/h7-14,17H,15-16H2,1-6H3. The van der Waals surface area contributed by atoms with Crippen molar-refractivity contribution in [2.24, 2.45) is 0 Å². The first-order chi connectivity index (χ1) is 17.1. The Balaban J connectivity index is 2.06. The highest BCUT2D eigenvalue weighted by molar-refractivity contribution is 7.89. The number of rotatable bonds is 11. The normalized spacial score (nSPS) is 11.9. The lowest BCUT2D eigenvalue weighted by Crippen LogP contribution is -2.37. The van der Waals surface area contributed by atoms with Gasteiger partial charge in [0.1, 0.15) is 11.5 Å². The zero-order valence-electron chi connectivity index (χ0n) is 21.2.